The van der Waals surface area contributed by atoms with Gasteiger partial charge in [-0.05, 0) is 59.1 Å². The Bertz CT molecular complexity index is 514. The van der Waals surface area contributed by atoms with E-state index in [0.29, 0.717) is 32.9 Å². The zero-order valence-corrected chi connectivity index (χ0v) is 19.1. The lowest BCUT2D eigenvalue weighted by Crippen LogP contribution is -2.55. The molecule has 2 bridgehead atoms. The smallest absolute Gasteiger partial charge is 0.200 e. The Labute approximate surface area is 158 Å². The first-order valence-electron chi connectivity index (χ1n) is 10.9. The molecule has 4 atom stereocenters. The lowest BCUT2D eigenvalue weighted by molar-refractivity contribution is -0.0793. The monoisotopic (exact) mass is 362 g/mol. The minimum absolute atomic E-state index is 0.318. The van der Waals surface area contributed by atoms with Crippen LogP contribution in [0.2, 0.25) is 16.6 Å². The molecule has 0 radical (unpaired) electrons. The normalized spacial score (nSPS) is 40.5. The zero-order valence-electron chi connectivity index (χ0n) is 18.1. The highest BCUT2D eigenvalue weighted by Gasteiger charge is 2.67. The van der Waals surface area contributed by atoms with Crippen LogP contribution in [0, 0.1) is 22.2 Å². The summed E-state index contributed by atoms with van der Waals surface area (Å²) < 4.78 is 7.16. The summed E-state index contributed by atoms with van der Waals surface area (Å²) in [5, 5.41) is 0. The van der Waals surface area contributed by atoms with Crippen molar-refractivity contribution in [3.05, 3.63) is 12.2 Å². The molecule has 3 aliphatic carbocycles. The van der Waals surface area contributed by atoms with Crippen LogP contribution in [-0.4, -0.2) is 14.9 Å². The van der Waals surface area contributed by atoms with E-state index in [2.05, 4.69) is 67.5 Å². The van der Waals surface area contributed by atoms with E-state index in [4.69, 9.17) is 4.43 Å². The Morgan fingerprint density at radius 1 is 0.960 bits per heavy atom. The number of allylic oxidation sites excluding steroid dienone is 2. The molecular formula is C23H42OSi. The molecule has 0 aliphatic heterocycles. The van der Waals surface area contributed by atoms with Crippen molar-refractivity contribution >= 4 is 8.32 Å². The van der Waals surface area contributed by atoms with Gasteiger partial charge in [-0.15, -0.1) is 0 Å². The van der Waals surface area contributed by atoms with Crippen LogP contribution in [0.25, 0.3) is 0 Å². The molecule has 0 spiro atoms. The van der Waals surface area contributed by atoms with Gasteiger partial charge in [0.25, 0.3) is 0 Å². The van der Waals surface area contributed by atoms with Crippen molar-refractivity contribution in [1.82, 2.24) is 0 Å². The quantitative estimate of drug-likeness (QED) is 0.355. The number of rotatable bonds is 6. The van der Waals surface area contributed by atoms with Crippen LogP contribution < -0.4 is 0 Å². The molecule has 0 N–H and O–H groups in total. The minimum atomic E-state index is -1.78. The summed E-state index contributed by atoms with van der Waals surface area (Å²) in [5.74, 6) is 0.828. The van der Waals surface area contributed by atoms with Crippen molar-refractivity contribution in [3.63, 3.8) is 0 Å². The molecule has 0 aromatic rings. The number of hydrogen-bond acceptors (Lipinski definition) is 1. The van der Waals surface area contributed by atoms with E-state index in [9.17, 15) is 0 Å². The lowest BCUT2D eigenvalue weighted by Gasteiger charge is -2.58. The van der Waals surface area contributed by atoms with Crippen LogP contribution >= 0.6 is 0 Å². The molecule has 0 amide bonds. The van der Waals surface area contributed by atoms with Crippen molar-refractivity contribution < 1.29 is 4.43 Å². The Kier molecular flexibility index (Phi) is 4.90. The summed E-state index contributed by atoms with van der Waals surface area (Å²) in [6.07, 6.45) is 12.2. The van der Waals surface area contributed by atoms with Crippen LogP contribution in [0.4, 0.5) is 0 Å². The average molecular weight is 363 g/mol. The lowest BCUT2D eigenvalue weighted by atomic mass is 9.48. The molecule has 3 aliphatic rings. The Balaban J connectivity index is 1.90. The van der Waals surface area contributed by atoms with Gasteiger partial charge < -0.3 is 4.43 Å². The Hall–Kier alpha value is -0.0831. The van der Waals surface area contributed by atoms with Crippen molar-refractivity contribution in [2.45, 2.75) is 104 Å². The highest BCUT2D eigenvalue weighted by atomic mass is 28.4. The van der Waals surface area contributed by atoms with Crippen molar-refractivity contribution in [2.24, 2.45) is 22.2 Å². The maximum Gasteiger partial charge on any atom is 0.200 e. The van der Waals surface area contributed by atoms with E-state index < -0.39 is 8.32 Å². The molecule has 0 aromatic heterocycles. The molecule has 144 valence electrons. The first-order chi connectivity index (χ1) is 11.6. The predicted molar refractivity (Wildman–Crippen MR) is 111 cm³/mol. The maximum absolute atomic E-state index is 7.16. The summed E-state index contributed by atoms with van der Waals surface area (Å²) >= 11 is 0. The molecule has 0 unspecified atom stereocenters. The Morgan fingerprint density at radius 3 is 2.04 bits per heavy atom. The zero-order chi connectivity index (χ0) is 18.7. The third-order valence-corrected chi connectivity index (χ3v) is 15.2. The molecule has 2 fully saturated rings. The largest absolute Gasteiger partial charge is 0.415 e. The second kappa shape index (κ2) is 6.23. The molecule has 0 heterocycles. The fourth-order valence-corrected chi connectivity index (χ4v) is 13.4. The van der Waals surface area contributed by atoms with E-state index in [-0.39, 0.29) is 0 Å². The first kappa shape index (κ1) is 19.7. The van der Waals surface area contributed by atoms with Gasteiger partial charge in [0.15, 0.2) is 8.32 Å². The van der Waals surface area contributed by atoms with Crippen LogP contribution in [0.5, 0.6) is 0 Å². The summed E-state index contributed by atoms with van der Waals surface area (Å²) in [6.45, 7) is 20.6. The molecule has 1 nitrogen and oxygen atoms in total. The third-order valence-electron chi connectivity index (χ3n) is 9.15. The van der Waals surface area contributed by atoms with Gasteiger partial charge in [0.05, 0.1) is 0 Å². The average Bonchev–Trinajstić information content (AvgIpc) is 2.97. The van der Waals surface area contributed by atoms with E-state index in [1.807, 2.05) is 0 Å². The molecule has 0 aromatic carbocycles. The summed E-state index contributed by atoms with van der Waals surface area (Å²) in [4.78, 5) is 0. The standard InChI is InChI=1S/C23H42OSi/c1-17(2)25(18(3)4,19(5)6)24-16-21(7)12-9-13-22(8)20-10-14-23(21,22)15-11-20/h10,14,17-20H,9,11-13,15-16H2,1-8H3/t20-,21+,22-,23+/m1/s1. The molecule has 25 heavy (non-hydrogen) atoms. The van der Waals surface area contributed by atoms with E-state index in [1.54, 1.807) is 0 Å². The van der Waals surface area contributed by atoms with Gasteiger partial charge in [-0.1, -0.05) is 74.0 Å². The molecule has 3 rings (SSSR count). The maximum atomic E-state index is 7.16. The van der Waals surface area contributed by atoms with Gasteiger partial charge in [0.2, 0.25) is 0 Å². The number of hydrogen-bond donors (Lipinski definition) is 0. The van der Waals surface area contributed by atoms with Gasteiger partial charge in [-0.2, -0.15) is 0 Å². The summed E-state index contributed by atoms with van der Waals surface area (Å²) in [7, 11) is -1.78. The second-order valence-corrected chi connectivity index (χ2v) is 16.4. The van der Waals surface area contributed by atoms with Crippen molar-refractivity contribution in [1.29, 1.82) is 0 Å². The Morgan fingerprint density at radius 2 is 1.56 bits per heavy atom. The first-order valence-corrected chi connectivity index (χ1v) is 13.0. The summed E-state index contributed by atoms with van der Waals surface area (Å²) in [5.41, 5.74) is 3.25. The molecule has 0 saturated heterocycles. The fourth-order valence-electron chi connectivity index (χ4n) is 7.84. The van der Waals surface area contributed by atoms with E-state index >= 15 is 0 Å². The predicted octanol–water partition coefficient (Wildman–Crippen LogP) is 7.34. The highest BCUT2D eigenvalue weighted by Crippen LogP contribution is 2.74. The second-order valence-electron chi connectivity index (χ2n) is 10.9. The van der Waals surface area contributed by atoms with Gasteiger partial charge in [-0.3, -0.25) is 0 Å². The van der Waals surface area contributed by atoms with Crippen LogP contribution in [0.3, 0.4) is 0 Å². The molecule has 2 heteroatoms. The van der Waals surface area contributed by atoms with Gasteiger partial charge in [-0.25, -0.2) is 0 Å². The topological polar surface area (TPSA) is 9.23 Å². The van der Waals surface area contributed by atoms with Crippen molar-refractivity contribution in [2.75, 3.05) is 6.61 Å². The minimum Gasteiger partial charge on any atom is -0.415 e. The summed E-state index contributed by atoms with van der Waals surface area (Å²) in [6, 6.07) is 0. The fraction of sp³-hybridized carbons (Fsp3) is 0.913. The van der Waals surface area contributed by atoms with Crippen molar-refractivity contribution in [3.8, 4) is 0 Å². The van der Waals surface area contributed by atoms with E-state index in [1.165, 1.54) is 32.1 Å². The van der Waals surface area contributed by atoms with Gasteiger partial charge in [0, 0.05) is 12.0 Å². The van der Waals surface area contributed by atoms with E-state index in [0.717, 1.165) is 12.5 Å². The van der Waals surface area contributed by atoms with Crippen LogP contribution in [0.15, 0.2) is 12.2 Å². The molecular weight excluding hydrogens is 320 g/mol. The van der Waals surface area contributed by atoms with Gasteiger partial charge >= 0.3 is 0 Å². The van der Waals surface area contributed by atoms with Gasteiger partial charge in [0.1, 0.15) is 0 Å². The van der Waals surface area contributed by atoms with Crippen LogP contribution in [0.1, 0.15) is 87.5 Å². The van der Waals surface area contributed by atoms with Crippen LogP contribution in [-0.2, 0) is 4.43 Å². The third kappa shape index (κ3) is 2.42. The highest BCUT2D eigenvalue weighted by molar-refractivity contribution is 6.77. The molecule has 2 saturated carbocycles. The SMILES string of the molecule is CC(C)[Si](OC[C@]1(C)CCC[C@]2(C)[C@@H]3C=C[C@]12CC3)(C(C)C)C(C)C.